The number of benzene rings is 2. The molecule has 0 amide bonds. The third-order valence-electron chi connectivity index (χ3n) is 7.96. The molecule has 0 bridgehead atoms. The van der Waals surface area contributed by atoms with Crippen LogP contribution >= 0.6 is 0 Å². The van der Waals surface area contributed by atoms with Gasteiger partial charge < -0.3 is 0 Å². The number of fused-ring (bicyclic) bond motifs is 2. The number of hydrogen-bond acceptors (Lipinski definition) is 0. The third-order valence-corrected chi connectivity index (χ3v) is 7.96. The van der Waals surface area contributed by atoms with E-state index in [0.29, 0.717) is 0 Å². The molecule has 0 heteroatoms. The predicted octanol–water partition coefficient (Wildman–Crippen LogP) is 7.18. The van der Waals surface area contributed by atoms with E-state index < -0.39 is 0 Å². The Bertz CT molecular complexity index is 616. The molecule has 0 radical (unpaired) electrons. The van der Waals surface area contributed by atoms with E-state index in [9.17, 15) is 0 Å². The molecule has 3 saturated carbocycles. The van der Waals surface area contributed by atoms with Crippen LogP contribution in [-0.4, -0.2) is 0 Å². The lowest BCUT2D eigenvalue weighted by molar-refractivity contribution is 0.00307. The van der Waals surface area contributed by atoms with Gasteiger partial charge in [0.05, 0.1) is 0 Å². The molecule has 2 aromatic rings. The van der Waals surface area contributed by atoms with Crippen LogP contribution < -0.4 is 0 Å². The lowest BCUT2D eigenvalue weighted by Gasteiger charge is -2.56. The highest BCUT2D eigenvalue weighted by Crippen LogP contribution is 2.61. The zero-order valence-electron chi connectivity index (χ0n) is 15.9. The first-order valence-electron chi connectivity index (χ1n) is 11.0. The fraction of sp³-hybridized carbons (Fsp3) is 0.538. The van der Waals surface area contributed by atoms with E-state index in [1.54, 1.807) is 11.1 Å². The topological polar surface area (TPSA) is 0 Å². The molecule has 5 rings (SSSR count). The quantitative estimate of drug-likeness (QED) is 0.541. The fourth-order valence-electron chi connectivity index (χ4n) is 7.13. The zero-order chi connectivity index (χ0) is 17.3. The SMILES string of the molecule is c1ccc(C2C3CCCCC3C(c3ccccc3)C3CCCCC32)cc1. The van der Waals surface area contributed by atoms with Crippen LogP contribution in [0.25, 0.3) is 0 Å². The van der Waals surface area contributed by atoms with Crippen molar-refractivity contribution in [2.24, 2.45) is 23.7 Å². The molecule has 26 heavy (non-hydrogen) atoms. The summed E-state index contributed by atoms with van der Waals surface area (Å²) in [5, 5.41) is 0. The molecule has 0 aliphatic heterocycles. The highest BCUT2D eigenvalue weighted by atomic mass is 14.6. The molecule has 0 aromatic heterocycles. The van der Waals surface area contributed by atoms with Crippen molar-refractivity contribution in [1.29, 1.82) is 0 Å². The maximum atomic E-state index is 2.44. The minimum Gasteiger partial charge on any atom is -0.0622 e. The summed E-state index contributed by atoms with van der Waals surface area (Å²) in [6.07, 6.45) is 11.6. The highest BCUT2D eigenvalue weighted by Gasteiger charge is 2.51. The number of rotatable bonds is 2. The molecule has 4 atom stereocenters. The molecule has 3 aliphatic rings. The summed E-state index contributed by atoms with van der Waals surface area (Å²) in [5.74, 6) is 5.22. The van der Waals surface area contributed by atoms with Gasteiger partial charge in [-0.05, 0) is 72.3 Å². The smallest absolute Gasteiger partial charge is 0.00995 e. The van der Waals surface area contributed by atoms with Crippen molar-refractivity contribution in [3.05, 3.63) is 71.8 Å². The van der Waals surface area contributed by atoms with Gasteiger partial charge in [0, 0.05) is 0 Å². The first kappa shape index (κ1) is 16.6. The van der Waals surface area contributed by atoms with E-state index in [1.165, 1.54) is 51.4 Å². The third kappa shape index (κ3) is 2.82. The van der Waals surface area contributed by atoms with Gasteiger partial charge in [0.25, 0.3) is 0 Å². The monoisotopic (exact) mass is 344 g/mol. The first-order valence-corrected chi connectivity index (χ1v) is 11.0. The Hall–Kier alpha value is -1.56. The van der Waals surface area contributed by atoms with Crippen molar-refractivity contribution in [2.45, 2.75) is 63.2 Å². The van der Waals surface area contributed by atoms with Gasteiger partial charge in [-0.15, -0.1) is 0 Å². The van der Waals surface area contributed by atoms with Gasteiger partial charge in [-0.25, -0.2) is 0 Å². The molecular formula is C26H32. The van der Waals surface area contributed by atoms with Gasteiger partial charge in [0.2, 0.25) is 0 Å². The van der Waals surface area contributed by atoms with Crippen LogP contribution in [0.1, 0.15) is 74.3 Å². The van der Waals surface area contributed by atoms with Gasteiger partial charge in [-0.3, -0.25) is 0 Å². The minimum atomic E-state index is 0.812. The second-order valence-electron chi connectivity index (χ2n) is 9.10. The summed E-state index contributed by atoms with van der Waals surface area (Å²) in [4.78, 5) is 0. The van der Waals surface area contributed by atoms with Crippen molar-refractivity contribution in [3.63, 3.8) is 0 Å². The molecule has 3 aliphatic carbocycles. The van der Waals surface area contributed by atoms with E-state index in [4.69, 9.17) is 0 Å². The largest absolute Gasteiger partial charge is 0.0622 e. The van der Waals surface area contributed by atoms with Gasteiger partial charge in [0.15, 0.2) is 0 Å². The van der Waals surface area contributed by atoms with Gasteiger partial charge in [-0.1, -0.05) is 86.3 Å². The predicted molar refractivity (Wildman–Crippen MR) is 109 cm³/mol. The van der Waals surface area contributed by atoms with Crippen LogP contribution in [0.5, 0.6) is 0 Å². The van der Waals surface area contributed by atoms with Crippen LogP contribution in [0.4, 0.5) is 0 Å². The lowest BCUT2D eigenvalue weighted by atomic mass is 9.48. The van der Waals surface area contributed by atoms with Crippen molar-refractivity contribution in [2.75, 3.05) is 0 Å². The zero-order valence-corrected chi connectivity index (χ0v) is 15.9. The molecule has 0 heterocycles. The van der Waals surface area contributed by atoms with Crippen LogP contribution in [0.2, 0.25) is 0 Å². The maximum Gasteiger partial charge on any atom is -0.00995 e. The van der Waals surface area contributed by atoms with Crippen LogP contribution in [0, 0.1) is 23.7 Å². The Morgan fingerprint density at radius 3 is 1.04 bits per heavy atom. The molecule has 0 saturated heterocycles. The lowest BCUT2D eigenvalue weighted by Crippen LogP contribution is -2.46. The van der Waals surface area contributed by atoms with Crippen molar-refractivity contribution in [1.82, 2.24) is 0 Å². The summed E-state index contributed by atoms with van der Waals surface area (Å²) in [5.41, 5.74) is 3.29. The second kappa shape index (κ2) is 7.22. The van der Waals surface area contributed by atoms with E-state index in [-0.39, 0.29) is 0 Å². The molecule has 136 valence electrons. The summed E-state index contributed by atoms with van der Waals surface area (Å²) in [6, 6.07) is 23.2. The van der Waals surface area contributed by atoms with E-state index in [1.807, 2.05) is 0 Å². The summed E-state index contributed by atoms with van der Waals surface area (Å²) >= 11 is 0. The fourth-order valence-corrected chi connectivity index (χ4v) is 7.13. The van der Waals surface area contributed by atoms with E-state index >= 15 is 0 Å². The minimum absolute atomic E-state index is 0.812. The molecular weight excluding hydrogens is 312 g/mol. The Labute approximate surface area is 159 Å². The molecule has 4 unspecified atom stereocenters. The Balaban J connectivity index is 1.59. The molecule has 0 nitrogen and oxygen atoms in total. The summed E-state index contributed by atoms with van der Waals surface area (Å²) < 4.78 is 0. The van der Waals surface area contributed by atoms with Gasteiger partial charge in [-0.2, -0.15) is 0 Å². The molecule has 0 spiro atoms. The number of hydrogen-bond donors (Lipinski definition) is 0. The first-order chi connectivity index (χ1) is 12.9. The molecule has 3 fully saturated rings. The van der Waals surface area contributed by atoms with Gasteiger partial charge >= 0.3 is 0 Å². The molecule has 2 aromatic carbocycles. The van der Waals surface area contributed by atoms with Crippen molar-refractivity contribution in [3.8, 4) is 0 Å². The van der Waals surface area contributed by atoms with Crippen LogP contribution in [-0.2, 0) is 0 Å². The van der Waals surface area contributed by atoms with E-state index in [2.05, 4.69) is 60.7 Å². The standard InChI is InChI=1S/C26H32/c1-3-11-19(12-4-1)25-21-15-7-9-17-23(21)26(20-13-5-2-6-14-20)24-18-10-8-16-22(24)25/h1-6,11-14,21-26H,7-10,15-18H2. The normalized spacial score (nSPS) is 36.8. The summed E-state index contributed by atoms with van der Waals surface area (Å²) in [7, 11) is 0. The Morgan fingerprint density at radius 2 is 0.731 bits per heavy atom. The Morgan fingerprint density at radius 1 is 0.423 bits per heavy atom. The van der Waals surface area contributed by atoms with Crippen LogP contribution in [0.3, 0.4) is 0 Å². The van der Waals surface area contributed by atoms with Crippen molar-refractivity contribution >= 4 is 0 Å². The van der Waals surface area contributed by atoms with Gasteiger partial charge in [0.1, 0.15) is 0 Å². The van der Waals surface area contributed by atoms with Crippen molar-refractivity contribution < 1.29 is 0 Å². The Kier molecular flexibility index (Phi) is 4.61. The summed E-state index contributed by atoms with van der Waals surface area (Å²) in [6.45, 7) is 0. The average molecular weight is 345 g/mol. The highest BCUT2D eigenvalue weighted by molar-refractivity contribution is 5.29. The maximum absolute atomic E-state index is 2.44. The molecule has 0 N–H and O–H groups in total. The second-order valence-corrected chi connectivity index (χ2v) is 9.10. The average Bonchev–Trinajstić information content (AvgIpc) is 2.73. The van der Waals surface area contributed by atoms with Crippen LogP contribution in [0.15, 0.2) is 60.7 Å². The van der Waals surface area contributed by atoms with E-state index in [0.717, 1.165) is 35.5 Å².